The summed E-state index contributed by atoms with van der Waals surface area (Å²) in [6.45, 7) is 3.62. The molecule has 1 aliphatic heterocycles. The summed E-state index contributed by atoms with van der Waals surface area (Å²) in [6, 6.07) is 11.8. The van der Waals surface area contributed by atoms with E-state index in [0.29, 0.717) is 0 Å². The van der Waals surface area contributed by atoms with E-state index in [-0.39, 0.29) is 0 Å². The van der Waals surface area contributed by atoms with Crippen LogP contribution in [0.15, 0.2) is 30.3 Å². The van der Waals surface area contributed by atoms with Gasteiger partial charge < -0.3 is 5.32 Å². The zero-order valence-corrected chi connectivity index (χ0v) is 10.0. The van der Waals surface area contributed by atoms with Crippen molar-refractivity contribution in [2.45, 2.75) is 38.1 Å². The highest BCUT2D eigenvalue weighted by atomic mass is 14.9. The van der Waals surface area contributed by atoms with Crippen LogP contribution in [0.3, 0.4) is 0 Å². The Kier molecular flexibility index (Phi) is 2.72. The maximum absolute atomic E-state index is 3.71. The molecule has 1 N–H and O–H groups in total. The van der Waals surface area contributed by atoms with Crippen molar-refractivity contribution in [3.63, 3.8) is 0 Å². The second-order valence-electron chi connectivity index (χ2n) is 5.61. The van der Waals surface area contributed by atoms with E-state index in [1.165, 1.54) is 25.8 Å². The number of hydrogen-bond donors (Lipinski definition) is 1. The van der Waals surface area contributed by atoms with Crippen molar-refractivity contribution >= 4 is 0 Å². The third-order valence-electron chi connectivity index (χ3n) is 4.28. The van der Waals surface area contributed by atoms with Crippen LogP contribution >= 0.6 is 0 Å². The Morgan fingerprint density at radius 3 is 2.69 bits per heavy atom. The summed E-state index contributed by atoms with van der Waals surface area (Å²) in [5, 5.41) is 3.71. The molecule has 0 amide bonds. The van der Waals surface area contributed by atoms with Crippen LogP contribution < -0.4 is 5.32 Å². The summed E-state index contributed by atoms with van der Waals surface area (Å²) in [5.41, 5.74) is 1.55. The van der Waals surface area contributed by atoms with E-state index >= 15 is 0 Å². The monoisotopic (exact) mass is 215 g/mol. The van der Waals surface area contributed by atoms with Crippen molar-refractivity contribution in [3.05, 3.63) is 35.9 Å². The summed E-state index contributed by atoms with van der Waals surface area (Å²) in [7, 11) is 0. The number of rotatable bonds is 2. The van der Waals surface area contributed by atoms with E-state index in [2.05, 4.69) is 42.6 Å². The fourth-order valence-electron chi connectivity index (χ4n) is 3.22. The Bertz CT molecular complexity index is 346. The van der Waals surface area contributed by atoms with Gasteiger partial charge in [-0.3, -0.25) is 0 Å². The average molecular weight is 215 g/mol. The Labute approximate surface area is 98.3 Å². The molecule has 3 rings (SSSR count). The van der Waals surface area contributed by atoms with Crippen LogP contribution in [0.2, 0.25) is 0 Å². The molecular weight excluding hydrogens is 194 g/mol. The average Bonchev–Trinajstić information content (AvgIpc) is 3.10. The Balaban J connectivity index is 1.63. The molecule has 1 heterocycles. The normalized spacial score (nSPS) is 38.3. The van der Waals surface area contributed by atoms with Crippen LogP contribution in [0.1, 0.15) is 37.7 Å². The molecule has 1 aliphatic carbocycles. The highest BCUT2D eigenvalue weighted by Gasteiger charge is 2.44. The van der Waals surface area contributed by atoms with Crippen LogP contribution in [0.25, 0.3) is 0 Å². The molecule has 1 saturated carbocycles. The molecule has 0 bridgehead atoms. The van der Waals surface area contributed by atoms with E-state index in [4.69, 9.17) is 0 Å². The van der Waals surface area contributed by atoms with Crippen LogP contribution in [0.5, 0.6) is 0 Å². The SMILES string of the molecule is CC1CCNC(C2CC2c2ccccc2)C1. The molecule has 1 nitrogen and oxygen atoms in total. The lowest BCUT2D eigenvalue weighted by molar-refractivity contribution is 0.294. The number of hydrogen-bond acceptors (Lipinski definition) is 1. The molecule has 4 atom stereocenters. The smallest absolute Gasteiger partial charge is 0.0104 e. The summed E-state index contributed by atoms with van der Waals surface area (Å²) < 4.78 is 0. The quantitative estimate of drug-likeness (QED) is 0.799. The largest absolute Gasteiger partial charge is 0.314 e. The summed E-state index contributed by atoms with van der Waals surface area (Å²) in [4.78, 5) is 0. The fourth-order valence-corrected chi connectivity index (χ4v) is 3.22. The molecule has 86 valence electrons. The fraction of sp³-hybridized carbons (Fsp3) is 0.600. The number of benzene rings is 1. The summed E-state index contributed by atoms with van der Waals surface area (Å²) in [6.07, 6.45) is 4.14. The Hall–Kier alpha value is -0.820. The van der Waals surface area contributed by atoms with Crippen molar-refractivity contribution in [1.29, 1.82) is 0 Å². The van der Waals surface area contributed by atoms with Crippen molar-refractivity contribution in [2.75, 3.05) is 6.54 Å². The molecule has 1 heteroatoms. The number of nitrogens with one attached hydrogen (secondary N) is 1. The van der Waals surface area contributed by atoms with Gasteiger partial charge in [0.1, 0.15) is 0 Å². The molecule has 1 aromatic rings. The van der Waals surface area contributed by atoms with Gasteiger partial charge in [-0.15, -0.1) is 0 Å². The van der Waals surface area contributed by atoms with Gasteiger partial charge in [0.05, 0.1) is 0 Å². The minimum Gasteiger partial charge on any atom is -0.314 e. The predicted molar refractivity (Wildman–Crippen MR) is 67.5 cm³/mol. The van der Waals surface area contributed by atoms with Gasteiger partial charge in [-0.1, -0.05) is 37.3 Å². The predicted octanol–water partition coefficient (Wildman–Crippen LogP) is 3.18. The molecule has 2 fully saturated rings. The third-order valence-corrected chi connectivity index (χ3v) is 4.28. The van der Waals surface area contributed by atoms with Crippen molar-refractivity contribution in [3.8, 4) is 0 Å². The van der Waals surface area contributed by atoms with E-state index in [1.807, 2.05) is 0 Å². The zero-order valence-electron chi connectivity index (χ0n) is 10.0. The first-order valence-electron chi connectivity index (χ1n) is 6.63. The topological polar surface area (TPSA) is 12.0 Å². The highest BCUT2D eigenvalue weighted by Crippen LogP contribution is 2.51. The van der Waals surface area contributed by atoms with Crippen molar-refractivity contribution in [1.82, 2.24) is 5.32 Å². The number of piperidine rings is 1. The van der Waals surface area contributed by atoms with Gasteiger partial charge in [0.25, 0.3) is 0 Å². The van der Waals surface area contributed by atoms with E-state index < -0.39 is 0 Å². The van der Waals surface area contributed by atoms with Gasteiger partial charge in [0, 0.05) is 6.04 Å². The van der Waals surface area contributed by atoms with Crippen molar-refractivity contribution in [2.24, 2.45) is 11.8 Å². The first-order valence-corrected chi connectivity index (χ1v) is 6.63. The van der Waals surface area contributed by atoms with Crippen molar-refractivity contribution < 1.29 is 0 Å². The van der Waals surface area contributed by atoms with Gasteiger partial charge >= 0.3 is 0 Å². The summed E-state index contributed by atoms with van der Waals surface area (Å²) >= 11 is 0. The van der Waals surface area contributed by atoms with Gasteiger partial charge in [-0.25, -0.2) is 0 Å². The third kappa shape index (κ3) is 2.01. The van der Waals surface area contributed by atoms with Gasteiger partial charge in [0.2, 0.25) is 0 Å². The highest BCUT2D eigenvalue weighted by molar-refractivity contribution is 5.26. The molecule has 2 aliphatic rings. The molecule has 4 unspecified atom stereocenters. The molecular formula is C15H21N. The zero-order chi connectivity index (χ0) is 11.0. The molecule has 0 aromatic heterocycles. The molecule has 1 aromatic carbocycles. The minimum atomic E-state index is 0.786. The molecule has 16 heavy (non-hydrogen) atoms. The van der Waals surface area contributed by atoms with Gasteiger partial charge in [-0.2, -0.15) is 0 Å². The molecule has 1 saturated heterocycles. The first kappa shape index (κ1) is 10.3. The van der Waals surface area contributed by atoms with E-state index in [9.17, 15) is 0 Å². The van der Waals surface area contributed by atoms with Gasteiger partial charge in [0.15, 0.2) is 0 Å². The van der Waals surface area contributed by atoms with E-state index in [0.717, 1.165) is 23.8 Å². The Morgan fingerprint density at radius 2 is 1.94 bits per heavy atom. The second kappa shape index (κ2) is 4.21. The van der Waals surface area contributed by atoms with E-state index in [1.54, 1.807) is 5.56 Å². The van der Waals surface area contributed by atoms with Crippen LogP contribution in [0.4, 0.5) is 0 Å². The Morgan fingerprint density at radius 1 is 1.12 bits per heavy atom. The maximum atomic E-state index is 3.71. The van der Waals surface area contributed by atoms with Crippen LogP contribution in [-0.2, 0) is 0 Å². The van der Waals surface area contributed by atoms with Gasteiger partial charge in [-0.05, 0) is 49.1 Å². The standard InChI is InChI=1S/C15H21N/c1-11-7-8-16-15(9-11)14-10-13(14)12-5-3-2-4-6-12/h2-6,11,13-16H,7-10H2,1H3. The molecule has 0 radical (unpaired) electrons. The van der Waals surface area contributed by atoms with Crippen LogP contribution in [-0.4, -0.2) is 12.6 Å². The summed E-state index contributed by atoms with van der Waals surface area (Å²) in [5.74, 6) is 2.66. The lowest BCUT2D eigenvalue weighted by Crippen LogP contribution is -2.39. The van der Waals surface area contributed by atoms with Crippen LogP contribution in [0, 0.1) is 11.8 Å². The first-order chi connectivity index (χ1) is 7.84. The lowest BCUT2D eigenvalue weighted by Gasteiger charge is -2.28. The second-order valence-corrected chi connectivity index (χ2v) is 5.61. The molecule has 0 spiro atoms. The maximum Gasteiger partial charge on any atom is 0.0104 e. The lowest BCUT2D eigenvalue weighted by atomic mass is 9.90. The minimum absolute atomic E-state index is 0.786.